The van der Waals surface area contributed by atoms with Gasteiger partial charge >= 0.3 is 6.11 Å². The molecule has 140 valence electrons. The van der Waals surface area contributed by atoms with E-state index in [0.29, 0.717) is 36.1 Å². The van der Waals surface area contributed by atoms with E-state index >= 15 is 0 Å². The first-order chi connectivity index (χ1) is 12.9. The summed E-state index contributed by atoms with van der Waals surface area (Å²) < 4.78 is 30.4. The first-order valence-corrected chi connectivity index (χ1v) is 8.37. The van der Waals surface area contributed by atoms with Crippen molar-refractivity contribution in [3.8, 4) is 16.9 Å². The number of nitrogens with zero attached hydrogens (tertiary/aromatic N) is 2. The molecule has 1 aromatic carbocycles. The quantitative estimate of drug-likeness (QED) is 0.511. The lowest BCUT2D eigenvalue weighted by atomic mass is 9.98. The van der Waals surface area contributed by atoms with Gasteiger partial charge in [-0.1, -0.05) is 6.92 Å². The Kier molecular flexibility index (Phi) is 5.16. The highest BCUT2D eigenvalue weighted by molar-refractivity contribution is 6.08. The molecule has 0 atom stereocenters. The van der Waals surface area contributed by atoms with Crippen LogP contribution in [0.3, 0.4) is 0 Å². The summed E-state index contributed by atoms with van der Waals surface area (Å²) in [5.74, 6) is 0.574. The van der Waals surface area contributed by atoms with Gasteiger partial charge in [0.05, 0.1) is 6.20 Å². The van der Waals surface area contributed by atoms with E-state index in [2.05, 4.69) is 25.2 Å². The highest BCUT2D eigenvalue weighted by Gasteiger charge is 2.23. The molecule has 0 aliphatic carbocycles. The average molecular weight is 371 g/mol. The van der Waals surface area contributed by atoms with Gasteiger partial charge in [0.25, 0.3) is 0 Å². The number of rotatable bonds is 7. The molecule has 0 saturated heterocycles. The van der Waals surface area contributed by atoms with Gasteiger partial charge < -0.3 is 15.5 Å². The van der Waals surface area contributed by atoms with E-state index in [1.54, 1.807) is 30.7 Å². The second-order valence-corrected chi connectivity index (χ2v) is 5.96. The van der Waals surface area contributed by atoms with Crippen LogP contribution in [0.2, 0.25) is 0 Å². The number of hydrogen-bond acceptors (Lipinski definition) is 5. The van der Waals surface area contributed by atoms with E-state index in [1.165, 1.54) is 12.1 Å². The fraction of sp³-hybridized carbons (Fsp3) is 0.211. The lowest BCUT2D eigenvalue weighted by molar-refractivity contribution is -0.158. The molecule has 8 heteroatoms. The number of hydrogen-bond donors (Lipinski definition) is 3. The lowest BCUT2D eigenvalue weighted by Gasteiger charge is -2.16. The van der Waals surface area contributed by atoms with E-state index in [0.717, 1.165) is 11.1 Å². The number of alkyl halides is 2. The van der Waals surface area contributed by atoms with Crippen molar-refractivity contribution in [2.75, 3.05) is 5.32 Å². The van der Waals surface area contributed by atoms with E-state index < -0.39 is 6.11 Å². The fourth-order valence-corrected chi connectivity index (χ4v) is 2.63. The number of H-pyrrole nitrogens is 1. The molecule has 0 saturated carbocycles. The Balaban J connectivity index is 1.93. The average Bonchev–Trinajstić information content (AvgIpc) is 3.16. The minimum absolute atomic E-state index is 0.0645. The number of pyridine rings is 1. The molecule has 0 fully saturated rings. The minimum Gasteiger partial charge on any atom is -0.433 e. The number of aromatic amines is 1. The molecule has 3 N–H and O–H groups in total. The first kappa shape index (κ1) is 18.5. The Morgan fingerprint density at radius 1 is 1.26 bits per heavy atom. The molecular weight excluding hydrogens is 352 g/mol. The number of aromatic nitrogens is 3. The van der Waals surface area contributed by atoms with Crippen LogP contribution in [-0.2, 0) is 0 Å². The van der Waals surface area contributed by atoms with Crippen molar-refractivity contribution in [2.45, 2.75) is 26.4 Å². The van der Waals surface area contributed by atoms with Crippen molar-refractivity contribution >= 4 is 17.2 Å². The predicted octanol–water partition coefficient (Wildman–Crippen LogP) is 4.98. The summed E-state index contributed by atoms with van der Waals surface area (Å²) in [5.41, 5.74) is 3.42. The number of nitrogens with one attached hydrogen (secondary N) is 3. The van der Waals surface area contributed by atoms with Crippen LogP contribution >= 0.6 is 0 Å². The third kappa shape index (κ3) is 4.46. The summed E-state index contributed by atoms with van der Waals surface area (Å²) >= 11 is 0. The molecule has 0 aliphatic heterocycles. The zero-order valence-corrected chi connectivity index (χ0v) is 14.9. The van der Waals surface area contributed by atoms with Gasteiger partial charge in [0.2, 0.25) is 0 Å². The molecule has 0 amide bonds. The maximum Gasteiger partial charge on any atom is 0.394 e. The maximum atomic E-state index is 12.9. The molecule has 6 nitrogen and oxygen atoms in total. The highest BCUT2D eigenvalue weighted by atomic mass is 19.3. The molecule has 2 heterocycles. The normalized spacial score (nSPS) is 11.3. The monoisotopic (exact) mass is 371 g/mol. The molecule has 0 spiro atoms. The van der Waals surface area contributed by atoms with Crippen molar-refractivity contribution in [3.63, 3.8) is 0 Å². The Bertz CT molecular complexity index is 918. The van der Waals surface area contributed by atoms with Gasteiger partial charge in [-0.15, -0.1) is 0 Å². The first-order valence-electron chi connectivity index (χ1n) is 8.37. The fourth-order valence-electron chi connectivity index (χ4n) is 2.63. The largest absolute Gasteiger partial charge is 0.433 e. The van der Waals surface area contributed by atoms with Crippen LogP contribution in [-0.4, -0.2) is 27.0 Å². The van der Waals surface area contributed by atoms with Crippen molar-refractivity contribution in [3.05, 3.63) is 54.5 Å². The van der Waals surface area contributed by atoms with Gasteiger partial charge in [-0.3, -0.25) is 5.10 Å². The second-order valence-electron chi connectivity index (χ2n) is 5.96. The van der Waals surface area contributed by atoms with Gasteiger partial charge in [-0.05, 0) is 42.3 Å². The molecule has 27 heavy (non-hydrogen) atoms. The standard InChI is InChI=1S/C19H19F2N5O/c1-3-16(22)17-15(12-10-24-25-11-12)8-9-23-18(17)26-13-4-6-14(7-5-13)27-19(2,20)21/h4-11,22H,3H2,1-2H3,(H,23,26)(H,24,25). The highest BCUT2D eigenvalue weighted by Crippen LogP contribution is 2.31. The Hall–Kier alpha value is -3.29. The predicted molar refractivity (Wildman–Crippen MR) is 99.9 cm³/mol. The van der Waals surface area contributed by atoms with E-state index in [4.69, 9.17) is 5.41 Å². The number of halogens is 2. The Morgan fingerprint density at radius 2 is 2.00 bits per heavy atom. The zero-order valence-electron chi connectivity index (χ0n) is 14.9. The van der Waals surface area contributed by atoms with Crippen LogP contribution in [0.1, 0.15) is 25.8 Å². The van der Waals surface area contributed by atoms with Gasteiger partial charge in [-0.2, -0.15) is 13.9 Å². The van der Waals surface area contributed by atoms with Crippen molar-refractivity contribution in [1.29, 1.82) is 5.41 Å². The molecule has 2 aromatic heterocycles. The Morgan fingerprint density at radius 3 is 2.59 bits per heavy atom. The van der Waals surface area contributed by atoms with Crippen LogP contribution in [0.15, 0.2) is 48.9 Å². The number of benzene rings is 1. The van der Waals surface area contributed by atoms with Gasteiger partial charge in [0.1, 0.15) is 11.6 Å². The van der Waals surface area contributed by atoms with E-state index in [-0.39, 0.29) is 5.75 Å². The summed E-state index contributed by atoms with van der Waals surface area (Å²) in [7, 11) is 0. The molecule has 0 bridgehead atoms. The lowest BCUT2D eigenvalue weighted by Crippen LogP contribution is -2.18. The van der Waals surface area contributed by atoms with Crippen LogP contribution in [0.4, 0.5) is 20.3 Å². The summed E-state index contributed by atoms with van der Waals surface area (Å²) in [5, 5.41) is 18.2. The summed E-state index contributed by atoms with van der Waals surface area (Å²) in [4.78, 5) is 4.36. The van der Waals surface area contributed by atoms with E-state index in [1.807, 2.05) is 13.0 Å². The molecule has 3 rings (SSSR count). The van der Waals surface area contributed by atoms with Gasteiger partial charge in [0, 0.05) is 41.8 Å². The molecule has 0 unspecified atom stereocenters. The second kappa shape index (κ2) is 7.53. The molecular formula is C19H19F2N5O. The SMILES string of the molecule is CCC(=N)c1c(-c2cn[nH]c2)ccnc1Nc1ccc(OC(C)(F)F)cc1. The number of ether oxygens (including phenoxy) is 1. The third-order valence-electron chi connectivity index (χ3n) is 3.83. The summed E-state index contributed by atoms with van der Waals surface area (Å²) in [6.07, 6.45) is 2.37. The Labute approximate surface area is 155 Å². The van der Waals surface area contributed by atoms with Gasteiger partial charge in [-0.25, -0.2) is 4.98 Å². The van der Waals surface area contributed by atoms with Crippen molar-refractivity contribution < 1.29 is 13.5 Å². The zero-order chi connectivity index (χ0) is 19.4. The maximum absolute atomic E-state index is 12.9. The number of anilines is 2. The van der Waals surface area contributed by atoms with Crippen molar-refractivity contribution in [1.82, 2.24) is 15.2 Å². The van der Waals surface area contributed by atoms with Crippen molar-refractivity contribution in [2.24, 2.45) is 0 Å². The van der Waals surface area contributed by atoms with Crippen LogP contribution in [0.25, 0.3) is 11.1 Å². The van der Waals surface area contributed by atoms with Crippen LogP contribution < -0.4 is 10.1 Å². The van der Waals surface area contributed by atoms with Gasteiger partial charge in [0.15, 0.2) is 0 Å². The molecule has 3 aromatic rings. The molecule has 0 radical (unpaired) electrons. The van der Waals surface area contributed by atoms with E-state index in [9.17, 15) is 8.78 Å². The smallest absolute Gasteiger partial charge is 0.394 e. The third-order valence-corrected chi connectivity index (χ3v) is 3.83. The topological polar surface area (TPSA) is 86.7 Å². The minimum atomic E-state index is -3.24. The summed E-state index contributed by atoms with van der Waals surface area (Å²) in [6, 6.07) is 7.96. The molecule has 0 aliphatic rings. The van der Waals surface area contributed by atoms with Crippen LogP contribution in [0.5, 0.6) is 5.75 Å². The summed E-state index contributed by atoms with van der Waals surface area (Å²) in [6.45, 7) is 2.59. The van der Waals surface area contributed by atoms with Crippen LogP contribution in [0, 0.1) is 5.41 Å².